The number of hydrogen-bond acceptors (Lipinski definition) is 7. The molecule has 174 valence electrons. The summed E-state index contributed by atoms with van der Waals surface area (Å²) in [5.41, 5.74) is 4.17. The van der Waals surface area contributed by atoms with Gasteiger partial charge in [0.05, 0.1) is 26.5 Å². The molecule has 0 spiro atoms. The highest BCUT2D eigenvalue weighted by molar-refractivity contribution is 6.39. The molecule has 0 saturated carbocycles. The number of rotatable bonds is 7. The van der Waals surface area contributed by atoms with Crippen molar-refractivity contribution in [1.29, 1.82) is 0 Å². The number of anilines is 1. The first kappa shape index (κ1) is 23.7. The Morgan fingerprint density at radius 3 is 2.58 bits per heavy atom. The van der Waals surface area contributed by atoms with E-state index in [4.69, 9.17) is 14.2 Å². The van der Waals surface area contributed by atoms with E-state index in [0.717, 1.165) is 5.56 Å². The zero-order valence-corrected chi connectivity index (χ0v) is 18.5. The second-order valence-corrected chi connectivity index (χ2v) is 7.16. The largest absolute Gasteiger partial charge is 0.493 e. The lowest BCUT2D eigenvalue weighted by Crippen LogP contribution is -2.43. The maximum atomic E-state index is 12.2. The molecule has 0 radical (unpaired) electrons. The highest BCUT2D eigenvalue weighted by Gasteiger charge is 2.18. The van der Waals surface area contributed by atoms with Gasteiger partial charge in [-0.25, -0.2) is 5.43 Å². The zero-order chi connectivity index (χ0) is 23.6. The van der Waals surface area contributed by atoms with E-state index < -0.39 is 11.8 Å². The zero-order valence-electron chi connectivity index (χ0n) is 18.5. The summed E-state index contributed by atoms with van der Waals surface area (Å²) in [4.78, 5) is 37.9. The lowest BCUT2D eigenvalue weighted by Gasteiger charge is -2.26. The van der Waals surface area contributed by atoms with Crippen molar-refractivity contribution in [2.75, 3.05) is 45.3 Å². The first-order chi connectivity index (χ1) is 16.0. The van der Waals surface area contributed by atoms with E-state index in [1.54, 1.807) is 35.2 Å². The molecule has 0 atom stereocenters. The summed E-state index contributed by atoms with van der Waals surface area (Å²) >= 11 is 0. The number of carbonyl (C=O) groups excluding carboxylic acids is 3. The van der Waals surface area contributed by atoms with Crippen LogP contribution < -0.4 is 20.2 Å². The normalized spacial score (nSPS) is 13.5. The van der Waals surface area contributed by atoms with Crippen LogP contribution in [0.25, 0.3) is 0 Å². The summed E-state index contributed by atoms with van der Waals surface area (Å²) in [6.07, 6.45) is 1.37. The topological polar surface area (TPSA) is 119 Å². The Kier molecular flexibility index (Phi) is 8.36. The van der Waals surface area contributed by atoms with Gasteiger partial charge in [0.1, 0.15) is 0 Å². The Hall–Kier alpha value is -3.92. The lowest BCUT2D eigenvalue weighted by atomic mass is 10.2. The van der Waals surface area contributed by atoms with Crippen LogP contribution in [-0.2, 0) is 19.1 Å². The monoisotopic (exact) mass is 454 g/mol. The fourth-order valence-corrected chi connectivity index (χ4v) is 3.04. The van der Waals surface area contributed by atoms with Crippen LogP contribution in [-0.4, -0.2) is 68.9 Å². The number of ether oxygens (including phenoxy) is 3. The molecule has 1 heterocycles. The van der Waals surface area contributed by atoms with Crippen LogP contribution >= 0.6 is 0 Å². The quantitative estimate of drug-likeness (QED) is 0.370. The fraction of sp³-hybridized carbons (Fsp3) is 0.304. The third kappa shape index (κ3) is 6.78. The third-order valence-corrected chi connectivity index (χ3v) is 4.88. The van der Waals surface area contributed by atoms with E-state index in [1.807, 2.05) is 19.1 Å². The van der Waals surface area contributed by atoms with E-state index in [0.29, 0.717) is 49.1 Å². The number of amides is 3. The van der Waals surface area contributed by atoms with Gasteiger partial charge in [0, 0.05) is 18.8 Å². The van der Waals surface area contributed by atoms with Crippen LogP contribution in [0.3, 0.4) is 0 Å². The Labute approximate surface area is 191 Å². The second kappa shape index (κ2) is 11.6. The van der Waals surface area contributed by atoms with Crippen molar-refractivity contribution < 1.29 is 28.6 Å². The Balaban J connectivity index is 1.53. The fourth-order valence-electron chi connectivity index (χ4n) is 3.04. The van der Waals surface area contributed by atoms with Crippen LogP contribution in [0, 0.1) is 6.92 Å². The maximum absolute atomic E-state index is 12.2. The minimum atomic E-state index is -0.900. The van der Waals surface area contributed by atoms with Crippen LogP contribution in [0.15, 0.2) is 47.6 Å². The number of hydrazone groups is 1. The average molecular weight is 454 g/mol. The third-order valence-electron chi connectivity index (χ3n) is 4.88. The summed E-state index contributed by atoms with van der Waals surface area (Å²) in [5.74, 6) is -1.05. The van der Waals surface area contributed by atoms with Crippen molar-refractivity contribution in [3.63, 3.8) is 0 Å². The van der Waals surface area contributed by atoms with Crippen molar-refractivity contribution in [2.45, 2.75) is 6.92 Å². The van der Waals surface area contributed by atoms with Gasteiger partial charge in [-0.05, 0) is 42.3 Å². The number of methoxy groups -OCH3 is 1. The predicted molar refractivity (Wildman–Crippen MR) is 121 cm³/mol. The van der Waals surface area contributed by atoms with E-state index >= 15 is 0 Å². The summed E-state index contributed by atoms with van der Waals surface area (Å²) < 4.78 is 16.2. The number of hydrogen-bond donors (Lipinski definition) is 2. The molecular weight excluding hydrogens is 428 g/mol. The molecule has 0 bridgehead atoms. The number of carbonyl (C=O) groups is 3. The van der Waals surface area contributed by atoms with Crippen molar-refractivity contribution in [3.05, 3.63) is 53.6 Å². The van der Waals surface area contributed by atoms with Gasteiger partial charge in [0.2, 0.25) is 0 Å². The van der Waals surface area contributed by atoms with E-state index in [1.165, 1.54) is 13.3 Å². The molecule has 2 aromatic rings. The first-order valence-corrected chi connectivity index (χ1v) is 10.3. The van der Waals surface area contributed by atoms with Gasteiger partial charge in [-0.3, -0.25) is 14.4 Å². The molecular formula is C23H26N4O6. The number of morpholine rings is 1. The number of para-hydroxylation sites is 1. The molecule has 0 aromatic heterocycles. The standard InChI is InChI=1S/C23H26N4O6/c1-16-5-3-4-6-18(16)25-22(29)23(30)26-24-14-17-7-8-19(20(13-17)31-2)33-15-21(28)27-9-11-32-12-10-27/h3-8,13-14H,9-12,15H2,1-2H3,(H,25,29)(H,26,30)/b24-14-. The second-order valence-electron chi connectivity index (χ2n) is 7.16. The molecule has 2 aromatic carbocycles. The Bertz CT molecular complexity index is 1030. The first-order valence-electron chi connectivity index (χ1n) is 10.3. The average Bonchev–Trinajstić information content (AvgIpc) is 2.84. The molecule has 0 unspecified atom stereocenters. The summed E-state index contributed by atoms with van der Waals surface area (Å²) in [5, 5.41) is 6.34. The predicted octanol–water partition coefficient (Wildman–Crippen LogP) is 1.33. The van der Waals surface area contributed by atoms with Crippen molar-refractivity contribution >= 4 is 29.6 Å². The molecule has 0 aliphatic carbocycles. The molecule has 1 fully saturated rings. The number of nitrogens with one attached hydrogen (secondary N) is 2. The van der Waals surface area contributed by atoms with Gasteiger partial charge in [-0.1, -0.05) is 18.2 Å². The van der Waals surface area contributed by atoms with E-state index in [9.17, 15) is 14.4 Å². The summed E-state index contributed by atoms with van der Waals surface area (Å²) in [7, 11) is 1.48. The van der Waals surface area contributed by atoms with Crippen molar-refractivity contribution in [2.24, 2.45) is 5.10 Å². The maximum Gasteiger partial charge on any atom is 0.329 e. The highest BCUT2D eigenvalue weighted by Crippen LogP contribution is 2.27. The van der Waals surface area contributed by atoms with Gasteiger partial charge in [0.15, 0.2) is 18.1 Å². The van der Waals surface area contributed by atoms with Crippen LogP contribution in [0.4, 0.5) is 5.69 Å². The number of nitrogens with zero attached hydrogens (tertiary/aromatic N) is 2. The number of aryl methyl sites for hydroxylation is 1. The minimum absolute atomic E-state index is 0.115. The van der Waals surface area contributed by atoms with Gasteiger partial charge in [-0.15, -0.1) is 0 Å². The molecule has 2 N–H and O–H groups in total. The molecule has 1 aliphatic rings. The summed E-state index contributed by atoms with van der Waals surface area (Å²) in [6, 6.07) is 12.1. The smallest absolute Gasteiger partial charge is 0.329 e. The SMILES string of the molecule is COc1cc(/C=N\NC(=O)C(=O)Nc2ccccc2C)ccc1OCC(=O)N1CCOCC1. The Morgan fingerprint density at radius 1 is 1.09 bits per heavy atom. The highest BCUT2D eigenvalue weighted by atomic mass is 16.5. The van der Waals surface area contributed by atoms with Gasteiger partial charge in [-0.2, -0.15) is 5.10 Å². The molecule has 1 aliphatic heterocycles. The van der Waals surface area contributed by atoms with E-state index in [2.05, 4.69) is 15.8 Å². The Morgan fingerprint density at radius 2 is 1.85 bits per heavy atom. The molecule has 1 saturated heterocycles. The summed E-state index contributed by atoms with van der Waals surface area (Å²) in [6.45, 7) is 3.84. The molecule has 10 nitrogen and oxygen atoms in total. The minimum Gasteiger partial charge on any atom is -0.493 e. The van der Waals surface area contributed by atoms with Crippen molar-refractivity contribution in [1.82, 2.24) is 10.3 Å². The molecule has 10 heteroatoms. The van der Waals surface area contributed by atoms with Crippen LogP contribution in [0.1, 0.15) is 11.1 Å². The van der Waals surface area contributed by atoms with E-state index in [-0.39, 0.29) is 12.5 Å². The van der Waals surface area contributed by atoms with Gasteiger partial charge in [0.25, 0.3) is 5.91 Å². The molecule has 3 rings (SSSR count). The van der Waals surface area contributed by atoms with Crippen LogP contribution in [0.2, 0.25) is 0 Å². The molecule has 33 heavy (non-hydrogen) atoms. The lowest BCUT2D eigenvalue weighted by molar-refractivity contribution is -0.137. The van der Waals surface area contributed by atoms with Gasteiger partial charge < -0.3 is 24.4 Å². The number of benzene rings is 2. The van der Waals surface area contributed by atoms with Gasteiger partial charge >= 0.3 is 11.8 Å². The molecule has 3 amide bonds. The van der Waals surface area contributed by atoms with Crippen molar-refractivity contribution in [3.8, 4) is 11.5 Å². The van der Waals surface area contributed by atoms with Crippen LogP contribution in [0.5, 0.6) is 11.5 Å².